The second-order valence-electron chi connectivity index (χ2n) is 5.46. The number of nitrogen functional groups attached to an aromatic ring is 1. The molecule has 0 bridgehead atoms. The number of benzene rings is 3. The lowest BCUT2D eigenvalue weighted by molar-refractivity contribution is 0.432. The third kappa shape index (κ3) is 3.21. The summed E-state index contributed by atoms with van der Waals surface area (Å²) in [6.45, 7) is 0. The van der Waals surface area contributed by atoms with Crippen LogP contribution in [0.4, 0.5) is 5.69 Å². The van der Waals surface area contributed by atoms with Crippen LogP contribution >= 0.6 is 0 Å². The van der Waals surface area contributed by atoms with E-state index in [-0.39, 0.29) is 0 Å². The molecule has 1 aromatic heterocycles. The number of hydrogen-bond donors (Lipinski definition) is 1. The normalized spacial score (nSPS) is 10.6. The lowest BCUT2D eigenvalue weighted by Crippen LogP contribution is -1.93. The van der Waals surface area contributed by atoms with E-state index in [1.54, 1.807) is 12.1 Å². The Morgan fingerprint density at radius 3 is 2.24 bits per heavy atom. The van der Waals surface area contributed by atoms with E-state index in [2.05, 4.69) is 10.1 Å². The molecule has 122 valence electrons. The van der Waals surface area contributed by atoms with Crippen molar-refractivity contribution in [2.45, 2.75) is 0 Å². The molecule has 2 N–H and O–H groups in total. The largest absolute Gasteiger partial charge is 0.455 e. The molecule has 0 atom stereocenters. The Balaban J connectivity index is 1.60. The minimum atomic E-state index is 0.471. The maximum Gasteiger partial charge on any atom is 0.258 e. The van der Waals surface area contributed by atoms with Crippen LogP contribution in [0.3, 0.4) is 0 Å². The molecule has 0 spiro atoms. The summed E-state index contributed by atoms with van der Waals surface area (Å²) in [5.41, 5.74) is 8.26. The zero-order chi connectivity index (χ0) is 17.1. The standard InChI is InChI=1S/C20H15N3O2/c21-17-13-15(11-12-18(17)24-16-9-5-2-6-10-16)19-22-20(25-23-19)14-7-3-1-4-8-14/h1-13H,21H2. The van der Waals surface area contributed by atoms with Crippen molar-refractivity contribution in [2.24, 2.45) is 0 Å². The van der Waals surface area contributed by atoms with E-state index in [0.29, 0.717) is 23.2 Å². The van der Waals surface area contributed by atoms with Crippen molar-refractivity contribution in [1.29, 1.82) is 0 Å². The number of rotatable bonds is 4. The highest BCUT2D eigenvalue weighted by Gasteiger charge is 2.12. The number of nitrogens with zero attached hydrogens (tertiary/aromatic N) is 2. The van der Waals surface area contributed by atoms with Gasteiger partial charge in [0.1, 0.15) is 11.5 Å². The average molecular weight is 329 g/mol. The second-order valence-corrected chi connectivity index (χ2v) is 5.46. The number of para-hydroxylation sites is 1. The lowest BCUT2D eigenvalue weighted by Gasteiger charge is -2.08. The maximum absolute atomic E-state index is 6.11. The molecule has 4 rings (SSSR count). The predicted octanol–water partition coefficient (Wildman–Crippen LogP) is 4.78. The first-order valence-corrected chi connectivity index (χ1v) is 7.81. The molecule has 4 aromatic rings. The smallest absolute Gasteiger partial charge is 0.258 e. The summed E-state index contributed by atoms with van der Waals surface area (Å²) < 4.78 is 11.1. The van der Waals surface area contributed by atoms with Gasteiger partial charge >= 0.3 is 0 Å². The van der Waals surface area contributed by atoms with Crippen molar-refractivity contribution >= 4 is 5.69 Å². The fraction of sp³-hybridized carbons (Fsp3) is 0. The van der Waals surface area contributed by atoms with Crippen molar-refractivity contribution in [1.82, 2.24) is 10.1 Å². The molecule has 0 fully saturated rings. The third-order valence-corrected chi connectivity index (χ3v) is 3.69. The molecule has 0 saturated carbocycles. The van der Waals surface area contributed by atoms with Crippen molar-refractivity contribution in [3.8, 4) is 34.3 Å². The van der Waals surface area contributed by atoms with Crippen LogP contribution in [-0.2, 0) is 0 Å². The molecular weight excluding hydrogens is 314 g/mol. The van der Waals surface area contributed by atoms with Crippen LogP contribution < -0.4 is 10.5 Å². The van der Waals surface area contributed by atoms with Gasteiger partial charge in [0.25, 0.3) is 5.89 Å². The van der Waals surface area contributed by atoms with E-state index in [1.165, 1.54) is 0 Å². The molecule has 0 radical (unpaired) electrons. The Morgan fingerprint density at radius 1 is 0.800 bits per heavy atom. The quantitative estimate of drug-likeness (QED) is 0.545. The molecule has 3 aromatic carbocycles. The van der Waals surface area contributed by atoms with Crippen LogP contribution in [0.1, 0.15) is 0 Å². The van der Waals surface area contributed by atoms with E-state index in [4.69, 9.17) is 15.0 Å². The van der Waals surface area contributed by atoms with Gasteiger partial charge in [0.15, 0.2) is 0 Å². The summed E-state index contributed by atoms with van der Waals surface area (Å²) in [4.78, 5) is 4.43. The zero-order valence-electron chi connectivity index (χ0n) is 13.3. The van der Waals surface area contributed by atoms with E-state index in [1.807, 2.05) is 66.7 Å². The fourth-order valence-corrected chi connectivity index (χ4v) is 2.43. The molecule has 1 heterocycles. The van der Waals surface area contributed by atoms with Crippen LogP contribution in [0.15, 0.2) is 83.4 Å². The monoisotopic (exact) mass is 329 g/mol. The molecule has 0 aliphatic heterocycles. The highest BCUT2D eigenvalue weighted by atomic mass is 16.5. The Kier molecular flexibility index (Phi) is 3.88. The molecule has 0 unspecified atom stereocenters. The van der Waals surface area contributed by atoms with Crippen molar-refractivity contribution in [3.63, 3.8) is 0 Å². The van der Waals surface area contributed by atoms with Gasteiger partial charge in [-0.15, -0.1) is 0 Å². The molecule has 5 nitrogen and oxygen atoms in total. The van der Waals surface area contributed by atoms with Gasteiger partial charge in [-0.05, 0) is 42.5 Å². The number of nitrogens with two attached hydrogens (primary N) is 1. The molecular formula is C20H15N3O2. The summed E-state index contributed by atoms with van der Waals surface area (Å²) in [6.07, 6.45) is 0. The SMILES string of the molecule is Nc1cc(-c2noc(-c3ccccc3)n2)ccc1Oc1ccccc1. The first-order valence-electron chi connectivity index (χ1n) is 7.81. The number of hydrogen-bond acceptors (Lipinski definition) is 5. The van der Waals surface area contributed by atoms with Crippen LogP contribution in [0, 0.1) is 0 Å². The highest BCUT2D eigenvalue weighted by molar-refractivity contribution is 5.67. The molecule has 5 heteroatoms. The maximum atomic E-state index is 6.11. The first kappa shape index (κ1) is 15.0. The molecule has 25 heavy (non-hydrogen) atoms. The van der Waals surface area contributed by atoms with Crippen molar-refractivity contribution in [3.05, 3.63) is 78.9 Å². The Morgan fingerprint density at radius 2 is 1.52 bits per heavy atom. The summed E-state index contributed by atoms with van der Waals surface area (Å²) in [7, 11) is 0. The van der Waals surface area contributed by atoms with E-state index in [0.717, 1.165) is 16.9 Å². The van der Waals surface area contributed by atoms with Gasteiger partial charge in [0.05, 0.1) is 5.69 Å². The van der Waals surface area contributed by atoms with Gasteiger partial charge in [-0.3, -0.25) is 0 Å². The van der Waals surface area contributed by atoms with Gasteiger partial charge in [-0.1, -0.05) is 41.6 Å². The fourth-order valence-electron chi connectivity index (χ4n) is 2.43. The van der Waals surface area contributed by atoms with Gasteiger partial charge in [-0.2, -0.15) is 4.98 Å². The highest BCUT2D eigenvalue weighted by Crippen LogP contribution is 2.31. The Labute approximate surface area is 144 Å². The van der Waals surface area contributed by atoms with Crippen LogP contribution in [0.2, 0.25) is 0 Å². The van der Waals surface area contributed by atoms with Crippen LogP contribution in [0.5, 0.6) is 11.5 Å². The Hall–Kier alpha value is -3.60. The number of anilines is 1. The number of ether oxygens (including phenoxy) is 1. The third-order valence-electron chi connectivity index (χ3n) is 3.69. The summed E-state index contributed by atoms with van der Waals surface area (Å²) in [5.74, 6) is 2.27. The van der Waals surface area contributed by atoms with E-state index in [9.17, 15) is 0 Å². The minimum Gasteiger partial charge on any atom is -0.455 e. The topological polar surface area (TPSA) is 74.2 Å². The zero-order valence-corrected chi connectivity index (χ0v) is 13.3. The molecule has 0 saturated heterocycles. The molecule has 0 aliphatic carbocycles. The van der Waals surface area contributed by atoms with E-state index < -0.39 is 0 Å². The second kappa shape index (κ2) is 6.49. The molecule has 0 amide bonds. The van der Waals surface area contributed by atoms with Crippen LogP contribution in [-0.4, -0.2) is 10.1 Å². The molecule has 0 aliphatic rings. The van der Waals surface area contributed by atoms with Gasteiger partial charge in [0.2, 0.25) is 5.82 Å². The summed E-state index contributed by atoms with van der Waals surface area (Å²) in [6, 6.07) is 24.5. The van der Waals surface area contributed by atoms with Crippen molar-refractivity contribution < 1.29 is 9.26 Å². The van der Waals surface area contributed by atoms with Crippen molar-refractivity contribution in [2.75, 3.05) is 5.73 Å². The van der Waals surface area contributed by atoms with Gasteiger partial charge < -0.3 is 15.0 Å². The Bertz CT molecular complexity index is 982. The van der Waals surface area contributed by atoms with Crippen LogP contribution in [0.25, 0.3) is 22.8 Å². The minimum absolute atomic E-state index is 0.471. The first-order chi connectivity index (χ1) is 12.3. The van der Waals surface area contributed by atoms with E-state index >= 15 is 0 Å². The predicted molar refractivity (Wildman–Crippen MR) is 96.1 cm³/mol. The summed E-state index contributed by atoms with van der Waals surface area (Å²) >= 11 is 0. The summed E-state index contributed by atoms with van der Waals surface area (Å²) in [5, 5.41) is 4.04. The van der Waals surface area contributed by atoms with Gasteiger partial charge in [0, 0.05) is 11.1 Å². The lowest BCUT2D eigenvalue weighted by atomic mass is 10.1. The average Bonchev–Trinajstić information content (AvgIpc) is 3.15. The van der Waals surface area contributed by atoms with Gasteiger partial charge in [-0.25, -0.2) is 0 Å². The number of aromatic nitrogens is 2.